The number of benzene rings is 1. The van der Waals surface area contributed by atoms with E-state index in [0.29, 0.717) is 13.0 Å². The summed E-state index contributed by atoms with van der Waals surface area (Å²) in [5.74, 6) is 0.0126. The Morgan fingerprint density at radius 1 is 1.04 bits per heavy atom. The van der Waals surface area contributed by atoms with Crippen LogP contribution in [-0.4, -0.2) is 27.4 Å². The number of hydrogen-bond donors (Lipinski definition) is 2. The number of nitrogens with zero attached hydrogens (tertiary/aromatic N) is 2. The molecule has 0 atom stereocenters. The minimum Gasteiger partial charge on any atom is -0.355 e. The van der Waals surface area contributed by atoms with Gasteiger partial charge in [0.15, 0.2) is 0 Å². The third kappa shape index (κ3) is 4.03. The number of carbonyl (C=O) groups is 1. The molecule has 0 spiro atoms. The standard InChI is InChI=1S/C22H20N4O/c27-21(24-10-8-16-5-2-1-3-6-16)12-19-15-26-22-20(19)11-18(14-25-22)17-7-4-9-23-13-17/h1-7,9,11,13-15H,8,10,12H2,(H,24,27)(H,25,26). The maximum atomic E-state index is 12.3. The summed E-state index contributed by atoms with van der Waals surface area (Å²) in [5, 5.41) is 3.96. The molecular weight excluding hydrogens is 336 g/mol. The molecule has 4 aromatic rings. The number of carbonyl (C=O) groups excluding carboxylic acids is 1. The Balaban J connectivity index is 1.44. The Hall–Kier alpha value is -3.47. The number of amides is 1. The average Bonchev–Trinajstić information content (AvgIpc) is 3.11. The van der Waals surface area contributed by atoms with Crippen LogP contribution in [0.5, 0.6) is 0 Å². The number of pyridine rings is 2. The molecule has 27 heavy (non-hydrogen) atoms. The normalized spacial score (nSPS) is 10.8. The molecule has 0 unspecified atom stereocenters. The molecule has 2 N–H and O–H groups in total. The third-order valence-electron chi connectivity index (χ3n) is 4.54. The van der Waals surface area contributed by atoms with Gasteiger partial charge in [0.1, 0.15) is 5.65 Å². The van der Waals surface area contributed by atoms with E-state index in [1.807, 2.05) is 48.9 Å². The first kappa shape index (κ1) is 17.0. The summed E-state index contributed by atoms with van der Waals surface area (Å²) >= 11 is 0. The van der Waals surface area contributed by atoms with Crippen molar-refractivity contribution in [1.29, 1.82) is 0 Å². The highest BCUT2D eigenvalue weighted by atomic mass is 16.1. The van der Waals surface area contributed by atoms with Gasteiger partial charge in [0, 0.05) is 47.8 Å². The summed E-state index contributed by atoms with van der Waals surface area (Å²) in [4.78, 5) is 24.1. The Morgan fingerprint density at radius 3 is 2.74 bits per heavy atom. The SMILES string of the molecule is O=C(Cc1c[nH]c2ncc(-c3cccnc3)cc12)NCCc1ccccc1. The number of aromatic amines is 1. The van der Waals surface area contributed by atoms with E-state index in [1.165, 1.54) is 5.56 Å². The van der Waals surface area contributed by atoms with Crippen molar-refractivity contribution in [2.24, 2.45) is 0 Å². The Kier molecular flexibility index (Phi) is 4.92. The van der Waals surface area contributed by atoms with Gasteiger partial charge in [0.25, 0.3) is 0 Å². The van der Waals surface area contributed by atoms with E-state index in [-0.39, 0.29) is 5.91 Å². The van der Waals surface area contributed by atoms with Crippen molar-refractivity contribution in [3.05, 3.63) is 84.4 Å². The van der Waals surface area contributed by atoms with E-state index in [9.17, 15) is 4.79 Å². The van der Waals surface area contributed by atoms with Crippen molar-refractivity contribution in [1.82, 2.24) is 20.3 Å². The number of rotatable bonds is 6. The molecule has 3 heterocycles. The smallest absolute Gasteiger partial charge is 0.224 e. The number of aromatic nitrogens is 3. The summed E-state index contributed by atoms with van der Waals surface area (Å²) in [7, 11) is 0. The largest absolute Gasteiger partial charge is 0.355 e. The number of hydrogen-bond acceptors (Lipinski definition) is 3. The first-order valence-electron chi connectivity index (χ1n) is 8.96. The molecule has 3 aromatic heterocycles. The van der Waals surface area contributed by atoms with Crippen LogP contribution in [0.15, 0.2) is 73.3 Å². The fourth-order valence-electron chi connectivity index (χ4n) is 3.12. The van der Waals surface area contributed by atoms with Crippen LogP contribution in [-0.2, 0) is 17.6 Å². The molecule has 0 fully saturated rings. The summed E-state index contributed by atoms with van der Waals surface area (Å²) < 4.78 is 0. The van der Waals surface area contributed by atoms with Crippen molar-refractivity contribution < 1.29 is 4.79 Å². The summed E-state index contributed by atoms with van der Waals surface area (Å²) in [6.45, 7) is 0.629. The van der Waals surface area contributed by atoms with Crippen LogP contribution >= 0.6 is 0 Å². The summed E-state index contributed by atoms with van der Waals surface area (Å²) in [6, 6.07) is 16.1. The van der Waals surface area contributed by atoms with Gasteiger partial charge in [-0.3, -0.25) is 9.78 Å². The molecule has 0 bridgehead atoms. The van der Waals surface area contributed by atoms with E-state index in [1.54, 1.807) is 6.20 Å². The van der Waals surface area contributed by atoms with E-state index < -0.39 is 0 Å². The molecule has 134 valence electrons. The van der Waals surface area contributed by atoms with Crippen LogP contribution in [0.2, 0.25) is 0 Å². The molecule has 1 aromatic carbocycles. The highest BCUT2D eigenvalue weighted by molar-refractivity contribution is 5.89. The van der Waals surface area contributed by atoms with Crippen molar-refractivity contribution in [2.75, 3.05) is 6.54 Å². The molecule has 1 amide bonds. The number of nitrogens with one attached hydrogen (secondary N) is 2. The second-order valence-corrected chi connectivity index (χ2v) is 6.44. The molecular formula is C22H20N4O. The second kappa shape index (κ2) is 7.83. The molecule has 0 aliphatic heterocycles. The molecule has 0 aliphatic rings. The molecule has 4 rings (SSSR count). The van der Waals surface area contributed by atoms with E-state index >= 15 is 0 Å². The van der Waals surface area contributed by atoms with Crippen LogP contribution in [0.1, 0.15) is 11.1 Å². The van der Waals surface area contributed by atoms with Gasteiger partial charge in [0.2, 0.25) is 5.91 Å². The first-order chi connectivity index (χ1) is 13.3. The van der Waals surface area contributed by atoms with Crippen LogP contribution in [0.3, 0.4) is 0 Å². The van der Waals surface area contributed by atoms with Crippen molar-refractivity contribution in [3.63, 3.8) is 0 Å². The first-order valence-corrected chi connectivity index (χ1v) is 8.96. The van der Waals surface area contributed by atoms with Gasteiger partial charge >= 0.3 is 0 Å². The summed E-state index contributed by atoms with van der Waals surface area (Å²) in [5.41, 5.74) is 4.94. The summed E-state index contributed by atoms with van der Waals surface area (Å²) in [6.07, 6.45) is 8.39. The van der Waals surface area contributed by atoms with Crippen molar-refractivity contribution in [3.8, 4) is 11.1 Å². The van der Waals surface area contributed by atoms with Crippen LogP contribution in [0.4, 0.5) is 0 Å². The highest BCUT2D eigenvalue weighted by Gasteiger charge is 2.11. The topological polar surface area (TPSA) is 70.7 Å². The van der Waals surface area contributed by atoms with Gasteiger partial charge in [-0.2, -0.15) is 0 Å². The lowest BCUT2D eigenvalue weighted by atomic mass is 10.1. The minimum atomic E-state index is 0.0126. The zero-order valence-electron chi connectivity index (χ0n) is 14.9. The van der Waals surface area contributed by atoms with Gasteiger partial charge in [-0.25, -0.2) is 4.98 Å². The zero-order chi connectivity index (χ0) is 18.5. The lowest BCUT2D eigenvalue weighted by Crippen LogP contribution is -2.27. The van der Waals surface area contributed by atoms with Crippen LogP contribution in [0, 0.1) is 0 Å². The zero-order valence-corrected chi connectivity index (χ0v) is 14.9. The third-order valence-corrected chi connectivity index (χ3v) is 4.54. The Bertz CT molecular complexity index is 1040. The minimum absolute atomic E-state index is 0.0126. The van der Waals surface area contributed by atoms with E-state index in [0.717, 1.165) is 34.1 Å². The van der Waals surface area contributed by atoms with Gasteiger partial charge < -0.3 is 10.3 Å². The predicted molar refractivity (Wildman–Crippen MR) is 106 cm³/mol. The van der Waals surface area contributed by atoms with Gasteiger partial charge in [-0.15, -0.1) is 0 Å². The van der Waals surface area contributed by atoms with Gasteiger partial charge in [-0.1, -0.05) is 36.4 Å². The number of fused-ring (bicyclic) bond motifs is 1. The lowest BCUT2D eigenvalue weighted by Gasteiger charge is -2.06. The maximum Gasteiger partial charge on any atom is 0.224 e. The van der Waals surface area contributed by atoms with Crippen molar-refractivity contribution >= 4 is 16.9 Å². The maximum absolute atomic E-state index is 12.3. The second-order valence-electron chi connectivity index (χ2n) is 6.44. The predicted octanol–water partition coefficient (Wildman–Crippen LogP) is 3.53. The molecule has 5 nitrogen and oxygen atoms in total. The molecule has 0 saturated carbocycles. The Morgan fingerprint density at radius 2 is 1.93 bits per heavy atom. The highest BCUT2D eigenvalue weighted by Crippen LogP contribution is 2.24. The number of H-pyrrole nitrogens is 1. The van der Waals surface area contributed by atoms with Crippen molar-refractivity contribution in [2.45, 2.75) is 12.8 Å². The quantitative estimate of drug-likeness (QED) is 0.555. The molecule has 5 heteroatoms. The fourth-order valence-corrected chi connectivity index (χ4v) is 3.12. The van der Waals surface area contributed by atoms with E-state index in [2.05, 4.69) is 38.5 Å². The molecule has 0 radical (unpaired) electrons. The van der Waals surface area contributed by atoms with Gasteiger partial charge in [-0.05, 0) is 29.7 Å². The Labute approximate surface area is 157 Å². The van der Waals surface area contributed by atoms with E-state index in [4.69, 9.17) is 0 Å². The molecule has 0 saturated heterocycles. The van der Waals surface area contributed by atoms with Crippen LogP contribution in [0.25, 0.3) is 22.2 Å². The monoisotopic (exact) mass is 356 g/mol. The van der Waals surface area contributed by atoms with Crippen LogP contribution < -0.4 is 5.32 Å². The lowest BCUT2D eigenvalue weighted by molar-refractivity contribution is -0.120. The fraction of sp³-hybridized carbons (Fsp3) is 0.136. The molecule has 0 aliphatic carbocycles. The average molecular weight is 356 g/mol. The van der Waals surface area contributed by atoms with Gasteiger partial charge in [0.05, 0.1) is 6.42 Å².